The van der Waals surface area contributed by atoms with Gasteiger partial charge in [0.25, 0.3) is 11.8 Å². The fraction of sp³-hybridized carbons (Fsp3) is 0.413. The summed E-state index contributed by atoms with van der Waals surface area (Å²) < 4.78 is 19.9. The van der Waals surface area contributed by atoms with E-state index in [9.17, 15) is 19.2 Å². The number of hydrogen-bond acceptors (Lipinski definition) is 13. The van der Waals surface area contributed by atoms with E-state index in [1.165, 1.54) is 6.33 Å². The molecule has 4 aliphatic rings. The van der Waals surface area contributed by atoms with Crippen LogP contribution in [0.15, 0.2) is 79.1 Å². The van der Waals surface area contributed by atoms with Crippen molar-refractivity contribution in [2.75, 3.05) is 69.8 Å². The summed E-state index contributed by atoms with van der Waals surface area (Å²) >= 11 is 0. The van der Waals surface area contributed by atoms with Crippen LogP contribution in [0.5, 0.6) is 11.5 Å². The molecule has 16 nitrogen and oxygen atoms in total. The molecule has 16 heteroatoms. The fourth-order valence-electron chi connectivity index (χ4n) is 9.05. The molecule has 6 heterocycles. The van der Waals surface area contributed by atoms with Gasteiger partial charge in [-0.05, 0) is 99.0 Å². The van der Waals surface area contributed by atoms with E-state index in [2.05, 4.69) is 25.1 Å². The number of ether oxygens (including phenoxy) is 3. The zero-order chi connectivity index (χ0) is 42.6. The molecule has 0 bridgehead atoms. The van der Waals surface area contributed by atoms with E-state index in [1.54, 1.807) is 12.1 Å². The van der Waals surface area contributed by atoms with Crippen LogP contribution in [0.2, 0.25) is 0 Å². The number of nitrogens with one attached hydrogen (secondary N) is 1. The van der Waals surface area contributed by atoms with Gasteiger partial charge in [-0.3, -0.25) is 29.4 Å². The molecule has 62 heavy (non-hydrogen) atoms. The Labute approximate surface area is 359 Å². The lowest BCUT2D eigenvalue weighted by atomic mass is 9.93. The smallest absolute Gasteiger partial charge is 0.262 e. The Balaban J connectivity index is 0.667. The summed E-state index contributed by atoms with van der Waals surface area (Å²) in [5.41, 5.74) is 10.3. The number of hydrogen-bond donors (Lipinski definition) is 2. The number of nitrogen functional groups attached to an aromatic ring is 1. The van der Waals surface area contributed by atoms with Crippen LogP contribution in [-0.2, 0) is 19.1 Å². The normalized spacial score (nSPS) is 19.1. The maximum atomic E-state index is 13.3. The Kier molecular flexibility index (Phi) is 12.2. The topological polar surface area (TPSA) is 187 Å². The SMILES string of the molecule is Nc1ncnc2c1c(-c1ccc(Oc3ccccc3)cc1)nn2C1CCN(CCOCCOCCC2CCN(c3ccc4c(c3)C(=O)N(C3CCC(=O)NC3=O)C4=O)CC2)CC1. The first-order valence-corrected chi connectivity index (χ1v) is 21.6. The molecule has 1 unspecified atom stereocenters. The molecule has 2 aromatic heterocycles. The Morgan fingerprint density at radius 2 is 1.47 bits per heavy atom. The zero-order valence-electron chi connectivity index (χ0n) is 34.6. The number of nitrogens with zero attached hydrogens (tertiary/aromatic N) is 7. The maximum Gasteiger partial charge on any atom is 0.262 e. The Bertz CT molecular complexity index is 2430. The summed E-state index contributed by atoms with van der Waals surface area (Å²) in [7, 11) is 0. The quantitative estimate of drug-likeness (QED) is 0.103. The third-order valence-electron chi connectivity index (χ3n) is 12.5. The molecular formula is C46H51N9O7. The van der Waals surface area contributed by atoms with Gasteiger partial charge in [0.1, 0.15) is 35.4 Å². The lowest BCUT2D eigenvalue weighted by Gasteiger charge is -2.33. The molecule has 5 aromatic rings. The number of rotatable bonds is 15. The van der Waals surface area contributed by atoms with Gasteiger partial charge in [-0.15, -0.1) is 0 Å². The lowest BCUT2D eigenvalue weighted by molar-refractivity contribution is -0.136. The van der Waals surface area contributed by atoms with Crippen molar-refractivity contribution >= 4 is 46.2 Å². The minimum absolute atomic E-state index is 0.0948. The summed E-state index contributed by atoms with van der Waals surface area (Å²) in [5.74, 6) is 0.507. The first-order chi connectivity index (χ1) is 30.3. The van der Waals surface area contributed by atoms with Crippen molar-refractivity contribution in [3.8, 4) is 22.8 Å². The van der Waals surface area contributed by atoms with Gasteiger partial charge in [-0.1, -0.05) is 18.2 Å². The Morgan fingerprint density at radius 3 is 2.23 bits per heavy atom. The maximum absolute atomic E-state index is 13.3. The molecule has 1 atom stereocenters. The molecule has 0 saturated carbocycles. The average Bonchev–Trinajstić information content (AvgIpc) is 3.80. The van der Waals surface area contributed by atoms with Crippen molar-refractivity contribution in [2.45, 2.75) is 57.0 Å². The number of nitrogens with two attached hydrogens (primary N) is 1. The number of carbonyl (C=O) groups is 4. The van der Waals surface area contributed by atoms with Crippen LogP contribution in [0.4, 0.5) is 11.5 Å². The summed E-state index contributed by atoms with van der Waals surface area (Å²) in [5, 5.41) is 8.08. The van der Waals surface area contributed by atoms with Crippen LogP contribution >= 0.6 is 0 Å². The lowest BCUT2D eigenvalue weighted by Crippen LogP contribution is -2.54. The number of carbonyl (C=O) groups excluding carboxylic acids is 4. The van der Waals surface area contributed by atoms with Gasteiger partial charge in [0.05, 0.1) is 42.4 Å². The largest absolute Gasteiger partial charge is 0.457 e. The monoisotopic (exact) mass is 841 g/mol. The van der Waals surface area contributed by atoms with Crippen LogP contribution < -0.4 is 20.7 Å². The molecule has 3 aromatic carbocycles. The van der Waals surface area contributed by atoms with Crippen molar-refractivity contribution in [1.29, 1.82) is 0 Å². The van der Waals surface area contributed by atoms with Crippen LogP contribution in [0.3, 0.4) is 0 Å². The van der Waals surface area contributed by atoms with Gasteiger partial charge in [-0.25, -0.2) is 14.6 Å². The van der Waals surface area contributed by atoms with Crippen molar-refractivity contribution < 1.29 is 33.4 Å². The molecule has 322 valence electrons. The third kappa shape index (κ3) is 8.76. The summed E-state index contributed by atoms with van der Waals surface area (Å²) in [4.78, 5) is 65.0. The highest BCUT2D eigenvalue weighted by molar-refractivity contribution is 6.23. The molecule has 3 saturated heterocycles. The van der Waals surface area contributed by atoms with Gasteiger partial charge in [0.15, 0.2) is 5.65 Å². The van der Waals surface area contributed by atoms with E-state index in [4.69, 9.17) is 25.0 Å². The Hall–Kier alpha value is -6.23. The van der Waals surface area contributed by atoms with Crippen LogP contribution in [-0.4, -0.2) is 118 Å². The number of para-hydroxylation sites is 1. The van der Waals surface area contributed by atoms with E-state index in [0.29, 0.717) is 49.3 Å². The van der Waals surface area contributed by atoms with Gasteiger partial charge in [0.2, 0.25) is 11.8 Å². The predicted octanol–water partition coefficient (Wildman–Crippen LogP) is 5.25. The van der Waals surface area contributed by atoms with E-state index in [1.807, 2.05) is 65.3 Å². The number of likely N-dealkylation sites (tertiary alicyclic amines) is 1. The molecule has 4 amide bonds. The second-order valence-electron chi connectivity index (χ2n) is 16.4. The zero-order valence-corrected chi connectivity index (χ0v) is 34.6. The summed E-state index contributed by atoms with van der Waals surface area (Å²) in [6.07, 6.45) is 6.59. The highest BCUT2D eigenvalue weighted by Gasteiger charge is 2.45. The van der Waals surface area contributed by atoms with E-state index >= 15 is 0 Å². The highest BCUT2D eigenvalue weighted by Crippen LogP contribution is 2.36. The highest BCUT2D eigenvalue weighted by atomic mass is 16.5. The average molecular weight is 842 g/mol. The van der Waals surface area contributed by atoms with Crippen molar-refractivity contribution in [3.63, 3.8) is 0 Å². The van der Waals surface area contributed by atoms with Gasteiger partial charge >= 0.3 is 0 Å². The van der Waals surface area contributed by atoms with E-state index in [0.717, 1.165) is 109 Å². The second kappa shape index (κ2) is 18.4. The summed E-state index contributed by atoms with van der Waals surface area (Å²) in [6, 6.07) is 22.1. The number of piperidine rings is 3. The van der Waals surface area contributed by atoms with E-state index < -0.39 is 23.8 Å². The van der Waals surface area contributed by atoms with Crippen LogP contribution in [0.1, 0.15) is 71.7 Å². The number of amides is 4. The Morgan fingerprint density at radius 1 is 0.742 bits per heavy atom. The van der Waals surface area contributed by atoms with Crippen molar-refractivity contribution in [2.24, 2.45) is 5.92 Å². The molecule has 0 spiro atoms. The standard InChI is InChI=1S/C46H51N9O7/c47-42-40-41(31-6-9-35(10-7-31)62-34-4-2-1-3-5-34)51-55(43(40)49-29-48-42)32-16-19-52(20-17-32)23-25-61-27-26-60-24-18-30-14-21-53(22-15-30)33-8-11-36-37(28-33)46(59)54(45(36)58)38-12-13-39(56)50-44(38)57/h1-11,28-30,32,38H,12-27H2,(H2,47,48,49)(H,50,56,57). The number of anilines is 2. The first-order valence-electron chi connectivity index (χ1n) is 21.6. The van der Waals surface area contributed by atoms with Crippen molar-refractivity contribution in [1.82, 2.24) is 34.9 Å². The minimum Gasteiger partial charge on any atom is -0.457 e. The molecule has 9 rings (SSSR count). The fourth-order valence-corrected chi connectivity index (χ4v) is 9.05. The second-order valence-corrected chi connectivity index (χ2v) is 16.4. The number of aromatic nitrogens is 4. The third-order valence-corrected chi connectivity index (χ3v) is 12.5. The van der Waals surface area contributed by atoms with E-state index in [-0.39, 0.29) is 24.8 Å². The molecular weight excluding hydrogens is 791 g/mol. The van der Waals surface area contributed by atoms with Crippen molar-refractivity contribution in [3.05, 3.63) is 90.3 Å². The predicted molar refractivity (Wildman–Crippen MR) is 231 cm³/mol. The number of imide groups is 2. The minimum atomic E-state index is -0.968. The first kappa shape index (κ1) is 41.1. The van der Waals surface area contributed by atoms with Gasteiger partial charge < -0.3 is 29.7 Å². The summed E-state index contributed by atoms with van der Waals surface area (Å²) in [6.45, 7) is 6.83. The molecule has 0 radical (unpaired) electrons. The van der Waals surface area contributed by atoms with Crippen LogP contribution in [0.25, 0.3) is 22.3 Å². The molecule has 4 aliphatic heterocycles. The molecule has 0 aliphatic carbocycles. The van der Waals surface area contributed by atoms with Gasteiger partial charge in [-0.2, -0.15) is 5.10 Å². The van der Waals surface area contributed by atoms with Crippen LogP contribution in [0, 0.1) is 5.92 Å². The number of benzene rings is 3. The van der Waals surface area contributed by atoms with Gasteiger partial charge in [0, 0.05) is 57.0 Å². The number of fused-ring (bicyclic) bond motifs is 2. The molecule has 3 N–H and O–H groups in total. The molecule has 3 fully saturated rings.